The van der Waals surface area contributed by atoms with Gasteiger partial charge in [0.05, 0.1) is 10.6 Å². The van der Waals surface area contributed by atoms with Gasteiger partial charge in [-0.1, -0.05) is 66.7 Å². The zero-order chi connectivity index (χ0) is 25.9. The lowest BCUT2D eigenvalue weighted by atomic mass is 9.77. The van der Waals surface area contributed by atoms with Gasteiger partial charge in [0.1, 0.15) is 0 Å². The molecule has 0 aliphatic heterocycles. The number of benzene rings is 3. The number of hydrogen-bond donors (Lipinski definition) is 1. The number of alkyl halides is 6. The van der Waals surface area contributed by atoms with Crippen LogP contribution in [0.25, 0.3) is 0 Å². The zero-order valence-electron chi connectivity index (χ0n) is 17.5. The van der Waals surface area contributed by atoms with Crippen molar-refractivity contribution in [3.63, 3.8) is 0 Å². The minimum Gasteiger partial charge on any atom is -0.272 e. The van der Waals surface area contributed by atoms with Crippen molar-refractivity contribution >= 4 is 27.8 Å². The Kier molecular flexibility index (Phi) is 7.06. The molecule has 0 fully saturated rings. The lowest BCUT2D eigenvalue weighted by Crippen LogP contribution is -2.63. The van der Waals surface area contributed by atoms with Crippen LogP contribution < -0.4 is 4.72 Å². The van der Waals surface area contributed by atoms with Gasteiger partial charge < -0.3 is 0 Å². The first kappa shape index (κ1) is 25.9. The number of aliphatic imine (C=N–C) groups is 1. The van der Waals surface area contributed by atoms with Crippen LogP contribution in [0.1, 0.15) is 11.1 Å². The quantitative estimate of drug-likeness (QED) is 0.358. The highest BCUT2D eigenvalue weighted by Gasteiger charge is 2.77. The van der Waals surface area contributed by atoms with Crippen LogP contribution in [0.2, 0.25) is 0 Å². The average molecular weight is 514 g/mol. The molecule has 1 amide bonds. The summed E-state index contributed by atoms with van der Waals surface area (Å²) in [5.74, 6) is -2.83. The maximum Gasteiger partial charge on any atom is 0.416 e. The predicted octanol–water partition coefficient (Wildman–Crippen LogP) is 5.30. The zero-order valence-corrected chi connectivity index (χ0v) is 18.3. The molecule has 0 saturated heterocycles. The monoisotopic (exact) mass is 514 g/mol. The van der Waals surface area contributed by atoms with Gasteiger partial charge in [-0.2, -0.15) is 26.3 Å². The van der Waals surface area contributed by atoms with E-state index in [1.807, 2.05) is 0 Å². The van der Waals surface area contributed by atoms with Crippen molar-refractivity contribution in [3.8, 4) is 0 Å². The molecule has 5 nitrogen and oxygen atoms in total. The van der Waals surface area contributed by atoms with E-state index in [4.69, 9.17) is 0 Å². The van der Waals surface area contributed by atoms with Gasteiger partial charge >= 0.3 is 12.4 Å². The summed E-state index contributed by atoms with van der Waals surface area (Å²) >= 11 is 0. The molecule has 0 saturated carbocycles. The third kappa shape index (κ3) is 5.06. The van der Waals surface area contributed by atoms with E-state index in [1.54, 1.807) is 18.2 Å². The first-order valence-corrected chi connectivity index (χ1v) is 11.2. The molecule has 0 aromatic heterocycles. The lowest BCUT2D eigenvalue weighted by Gasteiger charge is -2.36. The Morgan fingerprint density at radius 1 is 0.743 bits per heavy atom. The number of hydrogen-bond acceptors (Lipinski definition) is 4. The molecule has 0 aliphatic rings. The second-order valence-electron chi connectivity index (χ2n) is 7.18. The number of carbonyl (C=O) groups is 1. The Hall–Kier alpha value is -3.67. The number of sulfonamides is 1. The molecule has 0 atom stereocenters. The summed E-state index contributed by atoms with van der Waals surface area (Å²) in [5, 5.41) is 0. The van der Waals surface area contributed by atoms with E-state index in [0.29, 0.717) is 11.6 Å². The number of halogens is 6. The number of amides is 1. The Morgan fingerprint density at radius 3 is 1.77 bits per heavy atom. The predicted molar refractivity (Wildman–Crippen MR) is 116 cm³/mol. The van der Waals surface area contributed by atoms with E-state index >= 15 is 0 Å². The summed E-state index contributed by atoms with van der Waals surface area (Å²) in [4.78, 5) is 15.9. The van der Waals surface area contributed by atoms with Gasteiger partial charge in [0, 0.05) is 11.8 Å². The first-order chi connectivity index (χ1) is 16.3. The van der Waals surface area contributed by atoms with E-state index in [0.717, 1.165) is 41.3 Å². The molecule has 0 bridgehead atoms. The molecule has 3 aromatic rings. The van der Waals surface area contributed by atoms with E-state index < -0.39 is 49.8 Å². The summed E-state index contributed by atoms with van der Waals surface area (Å²) < 4.78 is 112. The van der Waals surface area contributed by atoms with Crippen LogP contribution in [0.15, 0.2) is 94.8 Å². The summed E-state index contributed by atoms with van der Waals surface area (Å²) in [5.41, 5.74) is -7.28. The van der Waals surface area contributed by atoms with Crippen LogP contribution >= 0.6 is 0 Å². The summed E-state index contributed by atoms with van der Waals surface area (Å²) in [6.45, 7) is 0. The van der Waals surface area contributed by atoms with Gasteiger partial charge in [-0.05, 0) is 23.8 Å². The van der Waals surface area contributed by atoms with Crippen LogP contribution in [0.5, 0.6) is 0 Å². The maximum atomic E-state index is 14.3. The van der Waals surface area contributed by atoms with Crippen molar-refractivity contribution in [2.24, 2.45) is 4.99 Å². The molecule has 0 aliphatic carbocycles. The highest BCUT2D eigenvalue weighted by atomic mass is 32.2. The Balaban J connectivity index is 2.22. The van der Waals surface area contributed by atoms with E-state index in [-0.39, 0.29) is 0 Å². The summed E-state index contributed by atoms with van der Waals surface area (Å²) in [7, 11) is -5.08. The Bertz CT molecular complexity index is 1310. The van der Waals surface area contributed by atoms with E-state index in [1.165, 1.54) is 30.3 Å². The average Bonchev–Trinajstić information content (AvgIpc) is 2.78. The maximum absolute atomic E-state index is 14.3. The molecular weight excluding hydrogens is 498 g/mol. The molecule has 12 heteroatoms. The van der Waals surface area contributed by atoms with Crippen molar-refractivity contribution in [1.29, 1.82) is 0 Å². The third-order valence-electron chi connectivity index (χ3n) is 4.93. The smallest absolute Gasteiger partial charge is 0.272 e. The van der Waals surface area contributed by atoms with E-state index in [2.05, 4.69) is 4.99 Å². The van der Waals surface area contributed by atoms with Gasteiger partial charge in [-0.15, -0.1) is 0 Å². The molecule has 0 unspecified atom stereocenters. The topological polar surface area (TPSA) is 75.6 Å². The normalized spacial score (nSPS) is 13.1. The lowest BCUT2D eigenvalue weighted by molar-refractivity contribution is -0.291. The highest BCUT2D eigenvalue weighted by Crippen LogP contribution is 2.54. The third-order valence-corrected chi connectivity index (χ3v) is 6.28. The van der Waals surface area contributed by atoms with Gasteiger partial charge in [0.25, 0.3) is 21.3 Å². The minimum absolute atomic E-state index is 0.364. The number of para-hydroxylation sites is 1. The van der Waals surface area contributed by atoms with Crippen molar-refractivity contribution in [1.82, 2.24) is 4.72 Å². The first-order valence-electron chi connectivity index (χ1n) is 9.75. The number of carbonyl (C=O) groups excluding carboxylic acids is 1. The minimum atomic E-state index is -6.29. The molecule has 35 heavy (non-hydrogen) atoms. The Labute approximate surface area is 196 Å². The van der Waals surface area contributed by atoms with Crippen LogP contribution in [-0.2, 0) is 20.2 Å². The van der Waals surface area contributed by atoms with Crippen LogP contribution in [-0.4, -0.2) is 32.9 Å². The fraction of sp³-hybridized carbons (Fsp3) is 0.130. The standard InChI is InChI=1S/C23H16F6N2O3S/c24-22(25,26)21(23(27,28)29,20(32)31-35(33,34)17-11-5-2-6-12-17)18-13-7-8-14-19(18)30-15-16-9-3-1-4-10-16/h1-15H,(H,31,32). The highest BCUT2D eigenvalue weighted by molar-refractivity contribution is 7.90. The molecule has 1 N–H and O–H groups in total. The van der Waals surface area contributed by atoms with Crippen molar-refractivity contribution in [2.45, 2.75) is 22.7 Å². The molecular formula is C23H16F6N2O3S. The Morgan fingerprint density at radius 2 is 1.23 bits per heavy atom. The second-order valence-corrected chi connectivity index (χ2v) is 8.86. The number of rotatable bonds is 6. The summed E-state index contributed by atoms with van der Waals surface area (Å²) in [6.07, 6.45) is -11.6. The van der Waals surface area contributed by atoms with Gasteiger partial charge in [-0.3, -0.25) is 9.79 Å². The second kappa shape index (κ2) is 9.53. The van der Waals surface area contributed by atoms with Crippen molar-refractivity contribution in [2.75, 3.05) is 0 Å². The largest absolute Gasteiger partial charge is 0.416 e. The molecule has 0 spiro atoms. The van der Waals surface area contributed by atoms with Crippen LogP contribution in [0.4, 0.5) is 32.0 Å². The van der Waals surface area contributed by atoms with Crippen LogP contribution in [0, 0.1) is 0 Å². The molecule has 3 rings (SSSR count). The SMILES string of the molecule is O=C(NS(=O)(=O)c1ccccc1)C(c1ccccc1N=Cc1ccccc1)(C(F)(F)F)C(F)(F)F. The van der Waals surface area contributed by atoms with Gasteiger partial charge in [0.15, 0.2) is 0 Å². The molecule has 3 aromatic carbocycles. The number of nitrogens with one attached hydrogen (secondary N) is 1. The number of nitrogens with zero attached hydrogens (tertiary/aromatic N) is 1. The van der Waals surface area contributed by atoms with E-state index in [9.17, 15) is 39.6 Å². The van der Waals surface area contributed by atoms with Gasteiger partial charge in [0.2, 0.25) is 0 Å². The fourth-order valence-corrected chi connectivity index (χ4v) is 4.32. The van der Waals surface area contributed by atoms with Crippen LogP contribution in [0.3, 0.4) is 0 Å². The van der Waals surface area contributed by atoms with Gasteiger partial charge in [-0.25, -0.2) is 13.1 Å². The van der Waals surface area contributed by atoms with Crippen molar-refractivity contribution < 1.29 is 39.6 Å². The summed E-state index contributed by atoms with van der Waals surface area (Å²) in [6, 6.07) is 16.7. The van der Waals surface area contributed by atoms with Crippen molar-refractivity contribution in [3.05, 3.63) is 96.1 Å². The molecule has 0 heterocycles. The molecule has 184 valence electrons. The molecule has 0 radical (unpaired) electrons. The fourth-order valence-electron chi connectivity index (χ4n) is 3.29.